The first-order valence-electron chi connectivity index (χ1n) is 12.5. The Labute approximate surface area is 214 Å². The van der Waals surface area contributed by atoms with Gasteiger partial charge in [-0.25, -0.2) is 4.68 Å². The predicted molar refractivity (Wildman–Crippen MR) is 141 cm³/mol. The number of furan rings is 1. The van der Waals surface area contributed by atoms with Crippen molar-refractivity contribution >= 4 is 40.3 Å². The number of aromatic nitrogens is 2. The van der Waals surface area contributed by atoms with Gasteiger partial charge in [0.15, 0.2) is 0 Å². The van der Waals surface area contributed by atoms with Crippen LogP contribution in [0.5, 0.6) is 0 Å². The van der Waals surface area contributed by atoms with Crippen molar-refractivity contribution in [1.29, 1.82) is 0 Å². The predicted octanol–water partition coefficient (Wildman–Crippen LogP) is 6.33. The lowest BCUT2D eigenvalue weighted by atomic mass is 9.48. The highest BCUT2D eigenvalue weighted by Crippen LogP contribution is 2.61. The van der Waals surface area contributed by atoms with Gasteiger partial charge >= 0.3 is 0 Å². The number of thioether (sulfide) groups is 1. The van der Waals surface area contributed by atoms with E-state index in [0.29, 0.717) is 15.8 Å². The highest BCUT2D eigenvalue weighted by molar-refractivity contribution is 8.26. The monoisotopic (exact) mass is 501 g/mol. The molecule has 5 nitrogen and oxygen atoms in total. The Balaban J connectivity index is 1.29. The van der Waals surface area contributed by atoms with Crippen molar-refractivity contribution in [2.45, 2.75) is 50.5 Å². The van der Waals surface area contributed by atoms with Gasteiger partial charge in [-0.05, 0) is 86.6 Å². The summed E-state index contributed by atoms with van der Waals surface area (Å²) in [4.78, 5) is 15.7. The summed E-state index contributed by atoms with van der Waals surface area (Å²) in [5.74, 6) is 3.14. The molecule has 1 aromatic carbocycles. The molecule has 0 spiro atoms. The molecule has 35 heavy (non-hydrogen) atoms. The van der Waals surface area contributed by atoms with E-state index in [1.807, 2.05) is 41.1 Å². The van der Waals surface area contributed by atoms with Crippen LogP contribution in [0.15, 0.2) is 64.2 Å². The van der Waals surface area contributed by atoms with Crippen LogP contribution in [-0.4, -0.2) is 24.9 Å². The van der Waals surface area contributed by atoms with Gasteiger partial charge in [-0.1, -0.05) is 42.2 Å². The van der Waals surface area contributed by atoms with Crippen molar-refractivity contribution in [2.24, 2.45) is 17.8 Å². The molecule has 0 N–H and O–H groups in total. The van der Waals surface area contributed by atoms with Gasteiger partial charge in [0.2, 0.25) is 0 Å². The topological polar surface area (TPSA) is 51.3 Å². The molecule has 4 saturated carbocycles. The van der Waals surface area contributed by atoms with Crippen LogP contribution in [0.4, 0.5) is 0 Å². The zero-order valence-corrected chi connectivity index (χ0v) is 21.1. The highest BCUT2D eigenvalue weighted by Gasteiger charge is 2.53. The molecule has 8 rings (SSSR count). The number of benzene rings is 1. The molecule has 5 aliphatic rings. The van der Waals surface area contributed by atoms with Gasteiger partial charge in [0, 0.05) is 17.2 Å². The lowest BCUT2D eigenvalue weighted by Crippen LogP contribution is -2.49. The molecule has 4 bridgehead atoms. The number of amides is 1. The molecule has 4 aliphatic carbocycles. The molecule has 1 aliphatic heterocycles. The summed E-state index contributed by atoms with van der Waals surface area (Å²) in [6, 6.07) is 14.0. The van der Waals surface area contributed by atoms with E-state index in [1.54, 1.807) is 11.2 Å². The molecule has 0 atom stereocenters. The number of rotatable bonds is 5. The molecule has 3 aromatic rings. The maximum atomic E-state index is 13.4. The van der Waals surface area contributed by atoms with Crippen molar-refractivity contribution in [3.05, 3.63) is 76.8 Å². The summed E-state index contributed by atoms with van der Waals surface area (Å²) in [5, 5.41) is 5.23. The summed E-state index contributed by atoms with van der Waals surface area (Å²) < 4.78 is 8.04. The maximum absolute atomic E-state index is 13.4. The third kappa shape index (κ3) is 3.71. The van der Waals surface area contributed by atoms with Crippen molar-refractivity contribution in [2.75, 3.05) is 0 Å². The van der Waals surface area contributed by atoms with E-state index in [-0.39, 0.29) is 11.3 Å². The Morgan fingerprint density at radius 3 is 2.43 bits per heavy atom. The van der Waals surface area contributed by atoms with Crippen LogP contribution in [0.25, 0.3) is 11.8 Å². The van der Waals surface area contributed by atoms with E-state index >= 15 is 0 Å². The smallest absolute Gasteiger partial charge is 0.266 e. The van der Waals surface area contributed by atoms with E-state index in [1.165, 1.54) is 56.0 Å². The van der Waals surface area contributed by atoms with Crippen LogP contribution in [0.2, 0.25) is 0 Å². The summed E-state index contributed by atoms with van der Waals surface area (Å²) in [7, 11) is 0. The Hall–Kier alpha value is -2.64. The fourth-order valence-electron chi connectivity index (χ4n) is 7.35. The van der Waals surface area contributed by atoms with E-state index < -0.39 is 0 Å². The van der Waals surface area contributed by atoms with Crippen molar-refractivity contribution in [3.8, 4) is 5.69 Å². The number of carbonyl (C=O) groups excluding carboxylic acids is 1. The minimum atomic E-state index is -0.0553. The molecular formula is C28H27N3O2S2. The average Bonchev–Trinajstić information content (AvgIpc) is 3.57. The van der Waals surface area contributed by atoms with Crippen molar-refractivity contribution in [3.63, 3.8) is 0 Å². The van der Waals surface area contributed by atoms with Gasteiger partial charge in [0.25, 0.3) is 5.91 Å². The Kier molecular flexibility index (Phi) is 5.07. The van der Waals surface area contributed by atoms with E-state index in [2.05, 4.69) is 18.3 Å². The Bertz CT molecular complexity index is 1290. The maximum Gasteiger partial charge on any atom is 0.266 e. The number of nitrogens with zero attached hydrogens (tertiary/aromatic N) is 3. The molecule has 1 amide bonds. The second-order valence-electron chi connectivity index (χ2n) is 10.8. The quantitative estimate of drug-likeness (QED) is 0.302. The fourth-order valence-corrected chi connectivity index (χ4v) is 8.60. The average molecular weight is 502 g/mol. The SMILES string of the molecule is O=C1/C(=C/c2cn(-c3ccccc3)nc2C23CC4CC(CC(C4)C2)C3)SC(=S)N1Cc1ccco1. The zero-order chi connectivity index (χ0) is 23.6. The minimum Gasteiger partial charge on any atom is -0.467 e. The van der Waals surface area contributed by atoms with Crippen molar-refractivity contribution < 1.29 is 9.21 Å². The van der Waals surface area contributed by atoms with Gasteiger partial charge < -0.3 is 4.42 Å². The normalized spacial score (nSPS) is 30.7. The third-order valence-corrected chi connectivity index (χ3v) is 9.74. The first-order valence-corrected chi connectivity index (χ1v) is 13.7. The first kappa shape index (κ1) is 21.6. The summed E-state index contributed by atoms with van der Waals surface area (Å²) in [5.41, 5.74) is 3.41. The van der Waals surface area contributed by atoms with Gasteiger partial charge in [-0.15, -0.1) is 0 Å². The van der Waals surface area contributed by atoms with Crippen LogP contribution in [0.1, 0.15) is 55.5 Å². The largest absolute Gasteiger partial charge is 0.467 e. The molecule has 0 radical (unpaired) electrons. The second kappa shape index (κ2) is 8.20. The molecule has 3 heterocycles. The molecule has 1 saturated heterocycles. The van der Waals surface area contributed by atoms with E-state index in [0.717, 1.165) is 34.8 Å². The van der Waals surface area contributed by atoms with Crippen LogP contribution in [0, 0.1) is 17.8 Å². The van der Waals surface area contributed by atoms with Crippen LogP contribution in [0.3, 0.4) is 0 Å². The third-order valence-electron chi connectivity index (χ3n) is 8.36. The van der Waals surface area contributed by atoms with Crippen LogP contribution in [-0.2, 0) is 16.8 Å². The standard InChI is InChI=1S/C28H27N3O2S2/c32-26-24(35-27(34)30(26)17-23-7-4-8-33-23)12-21-16-31(22-5-2-1-3-6-22)29-25(21)28-13-18-9-19(14-28)11-20(10-18)15-28/h1-8,12,16,18-20H,9-11,13-15,17H2/b24-12-. The first-order chi connectivity index (χ1) is 17.1. The number of para-hydroxylation sites is 1. The summed E-state index contributed by atoms with van der Waals surface area (Å²) in [6.45, 7) is 0.361. The lowest BCUT2D eigenvalue weighted by Gasteiger charge is -2.56. The number of hydrogen-bond donors (Lipinski definition) is 0. The Morgan fingerprint density at radius 2 is 1.77 bits per heavy atom. The number of thiocarbonyl (C=S) groups is 1. The van der Waals surface area contributed by atoms with Gasteiger partial charge in [0.05, 0.1) is 29.1 Å². The second-order valence-corrected chi connectivity index (χ2v) is 12.4. The fraction of sp³-hybridized carbons (Fsp3) is 0.393. The number of carbonyl (C=O) groups is 1. The zero-order valence-electron chi connectivity index (χ0n) is 19.4. The van der Waals surface area contributed by atoms with Crippen LogP contribution >= 0.6 is 24.0 Å². The number of hydrogen-bond acceptors (Lipinski definition) is 5. The highest BCUT2D eigenvalue weighted by atomic mass is 32.2. The van der Waals surface area contributed by atoms with Gasteiger partial charge in [0.1, 0.15) is 10.1 Å². The minimum absolute atomic E-state index is 0.0553. The van der Waals surface area contributed by atoms with Gasteiger partial charge in [-0.2, -0.15) is 5.10 Å². The Morgan fingerprint density at radius 1 is 1.06 bits per heavy atom. The van der Waals surface area contributed by atoms with Crippen molar-refractivity contribution in [1.82, 2.24) is 14.7 Å². The van der Waals surface area contributed by atoms with E-state index in [9.17, 15) is 4.79 Å². The molecule has 5 fully saturated rings. The summed E-state index contributed by atoms with van der Waals surface area (Å²) in [6.07, 6.45) is 13.6. The molecule has 178 valence electrons. The van der Waals surface area contributed by atoms with E-state index in [4.69, 9.17) is 21.7 Å². The van der Waals surface area contributed by atoms with Gasteiger partial charge in [-0.3, -0.25) is 9.69 Å². The molecular weight excluding hydrogens is 474 g/mol. The summed E-state index contributed by atoms with van der Waals surface area (Å²) >= 11 is 6.96. The molecule has 2 aromatic heterocycles. The lowest BCUT2D eigenvalue weighted by molar-refractivity contribution is -0.122. The molecule has 7 heteroatoms. The molecule has 0 unspecified atom stereocenters. The van der Waals surface area contributed by atoms with Crippen LogP contribution < -0.4 is 0 Å².